The summed E-state index contributed by atoms with van der Waals surface area (Å²) in [4.78, 5) is 10.1. The van der Waals surface area contributed by atoms with Gasteiger partial charge in [-0.1, -0.05) is 6.92 Å². The Morgan fingerprint density at radius 2 is 2.56 bits per heavy atom. The van der Waals surface area contributed by atoms with Crippen LogP contribution in [-0.2, 0) is 4.79 Å². The molecule has 0 aromatic rings. The summed E-state index contributed by atoms with van der Waals surface area (Å²) in [6, 6.07) is -0.303. The molecule has 9 heavy (non-hydrogen) atoms. The Kier molecular flexibility index (Phi) is 3.43. The third-order valence-corrected chi connectivity index (χ3v) is 0.945. The van der Waals surface area contributed by atoms with Crippen molar-refractivity contribution >= 4 is 12.2 Å². The molecule has 4 nitrogen and oxygen atoms in total. The number of nitrogens with two attached hydrogens (primary N) is 1. The van der Waals surface area contributed by atoms with Gasteiger partial charge in [0.05, 0.1) is 6.04 Å². The summed E-state index contributed by atoms with van der Waals surface area (Å²) in [5.41, 5.74) is 4.96. The molecular weight excluding hydrogens is 118 g/mol. The molecule has 52 valence electrons. The Morgan fingerprint density at radius 1 is 2.00 bits per heavy atom. The number of nitrogens with one attached hydrogen (secondary N) is 2. The zero-order valence-electron chi connectivity index (χ0n) is 5.35. The van der Waals surface area contributed by atoms with Crippen LogP contribution in [0, 0.1) is 5.41 Å². The molecule has 0 amide bonds. The highest BCUT2D eigenvalue weighted by Crippen LogP contribution is 1.82. The second-order valence-corrected chi connectivity index (χ2v) is 1.71. The van der Waals surface area contributed by atoms with Crippen molar-refractivity contribution in [2.75, 3.05) is 0 Å². The normalized spacial score (nSPS) is 12.1. The number of aldehydes is 1. The van der Waals surface area contributed by atoms with Gasteiger partial charge in [-0.2, -0.15) is 0 Å². The standard InChI is InChI=1S/C5H11N3O/c1-2-4(3-9)8-5(6)7/h3-4H,2H2,1H3,(H4,6,7,8). The number of carbonyl (C=O) groups excluding carboxylic acids is 1. The van der Waals surface area contributed by atoms with E-state index in [1.54, 1.807) is 0 Å². The third kappa shape index (κ3) is 3.52. The number of carbonyl (C=O) groups is 1. The molecule has 0 spiro atoms. The first kappa shape index (κ1) is 7.94. The third-order valence-electron chi connectivity index (χ3n) is 0.945. The maximum absolute atomic E-state index is 10.1. The fraction of sp³-hybridized carbons (Fsp3) is 0.600. The van der Waals surface area contributed by atoms with Crippen LogP contribution in [0.25, 0.3) is 0 Å². The van der Waals surface area contributed by atoms with Crippen LogP contribution in [0.4, 0.5) is 0 Å². The predicted molar refractivity (Wildman–Crippen MR) is 35.2 cm³/mol. The van der Waals surface area contributed by atoms with E-state index in [-0.39, 0.29) is 12.0 Å². The van der Waals surface area contributed by atoms with Crippen LogP contribution in [0.2, 0.25) is 0 Å². The molecule has 4 N–H and O–H groups in total. The van der Waals surface area contributed by atoms with E-state index in [9.17, 15) is 4.79 Å². The van der Waals surface area contributed by atoms with Gasteiger partial charge in [-0.3, -0.25) is 5.41 Å². The fourth-order valence-electron chi connectivity index (χ4n) is 0.432. The summed E-state index contributed by atoms with van der Waals surface area (Å²) in [6.45, 7) is 1.84. The molecule has 4 heteroatoms. The molecule has 0 saturated heterocycles. The van der Waals surface area contributed by atoms with Gasteiger partial charge in [0.15, 0.2) is 5.96 Å². The zero-order valence-corrected chi connectivity index (χ0v) is 5.35. The summed E-state index contributed by atoms with van der Waals surface area (Å²) in [7, 11) is 0. The molecule has 0 radical (unpaired) electrons. The van der Waals surface area contributed by atoms with Gasteiger partial charge >= 0.3 is 0 Å². The highest BCUT2D eigenvalue weighted by molar-refractivity contribution is 5.78. The van der Waals surface area contributed by atoms with Gasteiger partial charge in [-0.05, 0) is 6.42 Å². The van der Waals surface area contributed by atoms with Crippen LogP contribution in [0.15, 0.2) is 0 Å². The summed E-state index contributed by atoms with van der Waals surface area (Å²) < 4.78 is 0. The lowest BCUT2D eigenvalue weighted by atomic mass is 10.2. The van der Waals surface area contributed by atoms with E-state index in [1.807, 2.05) is 6.92 Å². The summed E-state index contributed by atoms with van der Waals surface area (Å²) in [6.07, 6.45) is 1.39. The summed E-state index contributed by atoms with van der Waals surface area (Å²) in [5, 5.41) is 9.21. The lowest BCUT2D eigenvalue weighted by Crippen LogP contribution is -2.39. The van der Waals surface area contributed by atoms with E-state index in [1.165, 1.54) is 0 Å². The molecule has 1 atom stereocenters. The van der Waals surface area contributed by atoms with Gasteiger partial charge in [-0.25, -0.2) is 0 Å². The predicted octanol–water partition coefficient (Wildman–Crippen LogP) is -0.553. The monoisotopic (exact) mass is 129 g/mol. The Labute approximate surface area is 53.9 Å². The van der Waals surface area contributed by atoms with E-state index >= 15 is 0 Å². The average molecular weight is 129 g/mol. The van der Waals surface area contributed by atoms with Gasteiger partial charge in [0, 0.05) is 0 Å². The van der Waals surface area contributed by atoms with Crippen molar-refractivity contribution in [2.24, 2.45) is 5.73 Å². The maximum atomic E-state index is 10.1. The zero-order chi connectivity index (χ0) is 7.28. The minimum atomic E-state index is -0.303. The van der Waals surface area contributed by atoms with E-state index in [0.717, 1.165) is 6.29 Å². The average Bonchev–Trinajstić information content (AvgIpc) is 1.82. The van der Waals surface area contributed by atoms with Gasteiger partial charge < -0.3 is 15.8 Å². The van der Waals surface area contributed by atoms with Crippen molar-refractivity contribution in [3.8, 4) is 0 Å². The first-order valence-corrected chi connectivity index (χ1v) is 2.76. The SMILES string of the molecule is CCC(C=O)NC(=N)N. The lowest BCUT2D eigenvalue weighted by molar-refractivity contribution is -0.109. The molecule has 1 unspecified atom stereocenters. The number of rotatable bonds is 3. The van der Waals surface area contributed by atoms with Crippen LogP contribution in [0.1, 0.15) is 13.3 Å². The fourth-order valence-corrected chi connectivity index (χ4v) is 0.432. The molecule has 0 aliphatic heterocycles. The Bertz CT molecular complexity index is 113. The van der Waals surface area contributed by atoms with Crippen molar-refractivity contribution in [3.05, 3.63) is 0 Å². The molecule has 0 aromatic carbocycles. The smallest absolute Gasteiger partial charge is 0.186 e. The Hall–Kier alpha value is -1.06. The molecule has 0 saturated carbocycles. The second kappa shape index (κ2) is 3.88. The highest BCUT2D eigenvalue weighted by Gasteiger charge is 2.01. The number of hydrogen-bond acceptors (Lipinski definition) is 2. The van der Waals surface area contributed by atoms with Crippen LogP contribution in [0.3, 0.4) is 0 Å². The van der Waals surface area contributed by atoms with Gasteiger partial charge in [0.25, 0.3) is 0 Å². The lowest BCUT2D eigenvalue weighted by Gasteiger charge is -2.07. The first-order chi connectivity index (χ1) is 4.20. The van der Waals surface area contributed by atoms with E-state index < -0.39 is 0 Å². The number of hydrogen-bond donors (Lipinski definition) is 3. The molecule has 0 aliphatic carbocycles. The van der Waals surface area contributed by atoms with Crippen LogP contribution in [-0.4, -0.2) is 18.3 Å². The molecule has 0 rings (SSSR count). The van der Waals surface area contributed by atoms with Gasteiger partial charge in [0.1, 0.15) is 6.29 Å². The van der Waals surface area contributed by atoms with Crippen molar-refractivity contribution in [1.82, 2.24) is 5.32 Å². The van der Waals surface area contributed by atoms with Crippen molar-refractivity contribution in [3.63, 3.8) is 0 Å². The topological polar surface area (TPSA) is 79.0 Å². The van der Waals surface area contributed by atoms with Gasteiger partial charge in [0.2, 0.25) is 0 Å². The minimum absolute atomic E-state index is 0.158. The largest absolute Gasteiger partial charge is 0.370 e. The van der Waals surface area contributed by atoms with Crippen LogP contribution in [0.5, 0.6) is 0 Å². The summed E-state index contributed by atoms with van der Waals surface area (Å²) >= 11 is 0. The highest BCUT2D eigenvalue weighted by atomic mass is 16.1. The van der Waals surface area contributed by atoms with Crippen LogP contribution >= 0.6 is 0 Å². The van der Waals surface area contributed by atoms with Crippen molar-refractivity contribution in [1.29, 1.82) is 5.41 Å². The summed E-state index contributed by atoms with van der Waals surface area (Å²) in [5.74, 6) is -0.158. The molecule has 0 aliphatic rings. The van der Waals surface area contributed by atoms with E-state index in [4.69, 9.17) is 11.1 Å². The molecule has 0 bridgehead atoms. The van der Waals surface area contributed by atoms with E-state index in [0.29, 0.717) is 6.42 Å². The van der Waals surface area contributed by atoms with Gasteiger partial charge in [-0.15, -0.1) is 0 Å². The first-order valence-electron chi connectivity index (χ1n) is 2.76. The molecule has 0 aromatic heterocycles. The number of guanidine groups is 1. The quantitative estimate of drug-likeness (QED) is 0.271. The Balaban J connectivity index is 3.55. The molecule has 0 heterocycles. The minimum Gasteiger partial charge on any atom is -0.370 e. The van der Waals surface area contributed by atoms with Crippen molar-refractivity contribution in [2.45, 2.75) is 19.4 Å². The van der Waals surface area contributed by atoms with Crippen LogP contribution < -0.4 is 11.1 Å². The molecule has 0 fully saturated rings. The maximum Gasteiger partial charge on any atom is 0.186 e. The molecular formula is C5H11N3O. The van der Waals surface area contributed by atoms with Crippen molar-refractivity contribution < 1.29 is 4.79 Å². The van der Waals surface area contributed by atoms with E-state index in [2.05, 4.69) is 5.32 Å². The second-order valence-electron chi connectivity index (χ2n) is 1.71. The Morgan fingerprint density at radius 3 is 2.67 bits per heavy atom.